The summed E-state index contributed by atoms with van der Waals surface area (Å²) in [4.78, 5) is 14.0. The van der Waals surface area contributed by atoms with Gasteiger partial charge < -0.3 is 0 Å². The van der Waals surface area contributed by atoms with Gasteiger partial charge in [0, 0.05) is 17.3 Å². The first-order valence-electron chi connectivity index (χ1n) is 4.74. The van der Waals surface area contributed by atoms with Gasteiger partial charge in [0.25, 0.3) is 0 Å². The van der Waals surface area contributed by atoms with Crippen molar-refractivity contribution in [1.29, 1.82) is 0 Å². The predicted octanol–water partition coefficient (Wildman–Crippen LogP) is 4.62. The minimum atomic E-state index is -0.608. The summed E-state index contributed by atoms with van der Waals surface area (Å²) in [7, 11) is 0. The molecule has 0 amide bonds. The van der Waals surface area contributed by atoms with Gasteiger partial charge in [0.1, 0.15) is 11.2 Å². The second-order valence-corrected chi connectivity index (χ2v) is 4.57. The maximum atomic E-state index is 10.8. The molecule has 7 heteroatoms. The lowest BCUT2D eigenvalue weighted by molar-refractivity contribution is -0.385. The van der Waals surface area contributed by atoms with Crippen LogP contribution < -0.4 is 0 Å². The Labute approximate surface area is 117 Å². The fraction of sp³-hybridized carbons (Fsp3) is 0. The van der Waals surface area contributed by atoms with Crippen LogP contribution in [0.25, 0.3) is 11.1 Å². The third-order valence-corrected chi connectivity index (χ3v) is 3.32. The van der Waals surface area contributed by atoms with Crippen LogP contribution in [-0.2, 0) is 0 Å². The largest absolute Gasteiger partial charge is 0.306 e. The van der Waals surface area contributed by atoms with Gasteiger partial charge in [-0.3, -0.25) is 15.1 Å². The topological polar surface area (TPSA) is 56.0 Å². The van der Waals surface area contributed by atoms with Gasteiger partial charge in [-0.25, -0.2) is 0 Å². The monoisotopic (exact) mass is 302 g/mol. The molecule has 2 aromatic rings. The minimum Gasteiger partial charge on any atom is -0.258 e. The highest BCUT2D eigenvalue weighted by Crippen LogP contribution is 2.40. The first kappa shape index (κ1) is 13.1. The quantitative estimate of drug-likeness (QED) is 0.601. The Morgan fingerprint density at radius 1 is 1.11 bits per heavy atom. The van der Waals surface area contributed by atoms with Gasteiger partial charge in [0.15, 0.2) is 0 Å². The molecule has 0 atom stereocenters. The van der Waals surface area contributed by atoms with Gasteiger partial charge in [0.2, 0.25) is 0 Å². The molecule has 1 aromatic heterocycles. The SMILES string of the molecule is O=[N+]([O-])c1cncc(-c2c(Cl)cccc2Cl)c1Cl. The smallest absolute Gasteiger partial charge is 0.258 e. The number of pyridine rings is 1. The highest BCUT2D eigenvalue weighted by atomic mass is 35.5. The van der Waals surface area contributed by atoms with Crippen LogP contribution in [0, 0.1) is 10.1 Å². The van der Waals surface area contributed by atoms with Crippen LogP contribution in [0.3, 0.4) is 0 Å². The zero-order valence-corrected chi connectivity index (χ0v) is 11.0. The second-order valence-electron chi connectivity index (χ2n) is 3.37. The van der Waals surface area contributed by atoms with Crippen molar-refractivity contribution in [3.8, 4) is 11.1 Å². The molecule has 0 N–H and O–H groups in total. The molecule has 92 valence electrons. The van der Waals surface area contributed by atoms with Crippen LogP contribution in [0.4, 0.5) is 5.69 Å². The lowest BCUT2D eigenvalue weighted by Gasteiger charge is -2.08. The summed E-state index contributed by atoms with van der Waals surface area (Å²) in [5, 5.41) is 11.5. The molecular weight excluding hydrogens is 298 g/mol. The molecule has 0 aliphatic rings. The Bertz CT molecular complexity index is 611. The third-order valence-electron chi connectivity index (χ3n) is 2.29. The fourth-order valence-electron chi connectivity index (χ4n) is 1.49. The molecule has 0 saturated heterocycles. The van der Waals surface area contributed by atoms with Crippen molar-refractivity contribution in [3.05, 3.63) is 55.8 Å². The maximum Gasteiger partial charge on any atom is 0.306 e. The molecule has 1 heterocycles. The van der Waals surface area contributed by atoms with Crippen LogP contribution in [-0.4, -0.2) is 9.91 Å². The van der Waals surface area contributed by atoms with Crippen molar-refractivity contribution in [2.24, 2.45) is 0 Å². The van der Waals surface area contributed by atoms with E-state index in [9.17, 15) is 10.1 Å². The second kappa shape index (κ2) is 5.10. The molecule has 0 bridgehead atoms. The van der Waals surface area contributed by atoms with Crippen molar-refractivity contribution in [2.45, 2.75) is 0 Å². The molecular formula is C11H5Cl3N2O2. The number of nitrogens with zero attached hydrogens (tertiary/aromatic N) is 2. The number of nitro groups is 1. The van der Waals surface area contributed by atoms with Gasteiger partial charge in [-0.2, -0.15) is 0 Å². The molecule has 0 radical (unpaired) electrons. The summed E-state index contributed by atoms with van der Waals surface area (Å²) in [6.45, 7) is 0. The minimum absolute atomic E-state index is 0.0370. The first-order valence-corrected chi connectivity index (χ1v) is 5.88. The Kier molecular flexibility index (Phi) is 3.71. The summed E-state index contributed by atoms with van der Waals surface area (Å²) in [6, 6.07) is 4.92. The summed E-state index contributed by atoms with van der Waals surface area (Å²) in [5.41, 5.74) is 0.480. The zero-order valence-electron chi connectivity index (χ0n) is 8.73. The molecule has 0 unspecified atom stereocenters. The van der Waals surface area contributed by atoms with Crippen molar-refractivity contribution in [3.63, 3.8) is 0 Å². The molecule has 0 fully saturated rings. The summed E-state index contributed by atoms with van der Waals surface area (Å²) in [5.74, 6) is 0. The van der Waals surface area contributed by atoms with Gasteiger partial charge >= 0.3 is 5.69 Å². The summed E-state index contributed by atoms with van der Waals surface area (Å²) < 4.78 is 0. The molecule has 18 heavy (non-hydrogen) atoms. The normalized spacial score (nSPS) is 10.4. The van der Waals surface area contributed by atoms with Gasteiger partial charge in [0.05, 0.1) is 15.0 Å². The van der Waals surface area contributed by atoms with Crippen LogP contribution in [0.5, 0.6) is 0 Å². The van der Waals surface area contributed by atoms with Gasteiger partial charge in [-0.1, -0.05) is 40.9 Å². The number of hydrogen-bond donors (Lipinski definition) is 0. The van der Waals surface area contributed by atoms with Crippen LogP contribution in [0.15, 0.2) is 30.6 Å². The summed E-state index contributed by atoms with van der Waals surface area (Å²) >= 11 is 18.0. The average Bonchev–Trinajstić information content (AvgIpc) is 2.30. The number of halogens is 3. The van der Waals surface area contributed by atoms with E-state index in [-0.39, 0.29) is 10.7 Å². The molecule has 0 aliphatic heterocycles. The first-order chi connectivity index (χ1) is 8.52. The molecule has 0 aliphatic carbocycles. The van der Waals surface area contributed by atoms with E-state index in [0.717, 1.165) is 6.20 Å². The average molecular weight is 304 g/mol. The van der Waals surface area contributed by atoms with E-state index in [1.807, 2.05) is 0 Å². The van der Waals surface area contributed by atoms with Crippen molar-refractivity contribution in [2.75, 3.05) is 0 Å². The fourth-order valence-corrected chi connectivity index (χ4v) is 2.35. The number of hydrogen-bond acceptors (Lipinski definition) is 3. The number of rotatable bonds is 2. The maximum absolute atomic E-state index is 10.8. The Morgan fingerprint density at radius 2 is 1.72 bits per heavy atom. The Hall–Kier alpha value is -1.36. The van der Waals surface area contributed by atoms with Crippen molar-refractivity contribution < 1.29 is 4.92 Å². The molecule has 0 spiro atoms. The molecule has 4 nitrogen and oxygen atoms in total. The standard InChI is InChI=1S/C11H5Cl3N2O2/c12-7-2-1-3-8(13)10(7)6-4-15-5-9(11(6)14)16(17)18/h1-5H. The van der Waals surface area contributed by atoms with E-state index in [4.69, 9.17) is 34.8 Å². The van der Waals surface area contributed by atoms with Crippen LogP contribution >= 0.6 is 34.8 Å². The van der Waals surface area contributed by atoms with Crippen molar-refractivity contribution in [1.82, 2.24) is 4.98 Å². The zero-order chi connectivity index (χ0) is 13.3. The predicted molar refractivity (Wildman–Crippen MR) is 71.4 cm³/mol. The summed E-state index contributed by atoms with van der Waals surface area (Å²) in [6.07, 6.45) is 2.47. The van der Waals surface area contributed by atoms with Gasteiger partial charge in [-0.15, -0.1) is 0 Å². The highest BCUT2D eigenvalue weighted by molar-refractivity contribution is 6.41. The molecule has 2 rings (SSSR count). The Balaban J connectivity index is 2.73. The van der Waals surface area contributed by atoms with E-state index < -0.39 is 4.92 Å². The van der Waals surface area contributed by atoms with E-state index >= 15 is 0 Å². The van der Waals surface area contributed by atoms with E-state index in [0.29, 0.717) is 21.2 Å². The van der Waals surface area contributed by atoms with Gasteiger partial charge in [-0.05, 0) is 12.1 Å². The molecule has 1 aromatic carbocycles. The number of benzene rings is 1. The third kappa shape index (κ3) is 2.27. The van der Waals surface area contributed by atoms with E-state index in [1.165, 1.54) is 6.20 Å². The van der Waals surface area contributed by atoms with Crippen LogP contribution in [0.1, 0.15) is 0 Å². The number of aromatic nitrogens is 1. The lowest BCUT2D eigenvalue weighted by Crippen LogP contribution is -1.93. The Morgan fingerprint density at radius 3 is 2.28 bits per heavy atom. The molecule has 0 saturated carbocycles. The van der Waals surface area contributed by atoms with E-state index in [1.54, 1.807) is 18.2 Å². The highest BCUT2D eigenvalue weighted by Gasteiger charge is 2.20. The van der Waals surface area contributed by atoms with E-state index in [2.05, 4.69) is 4.98 Å². The van der Waals surface area contributed by atoms with Crippen molar-refractivity contribution >= 4 is 40.5 Å². The van der Waals surface area contributed by atoms with Crippen LogP contribution in [0.2, 0.25) is 15.1 Å². The lowest BCUT2D eigenvalue weighted by atomic mass is 10.1.